The lowest BCUT2D eigenvalue weighted by molar-refractivity contribution is -0.151. The molecule has 0 spiro atoms. The summed E-state index contributed by atoms with van der Waals surface area (Å²) < 4.78 is 27.8. The summed E-state index contributed by atoms with van der Waals surface area (Å²) in [5.41, 5.74) is 6.85. The molecular formula is C29H33F2N3O2. The van der Waals surface area contributed by atoms with Gasteiger partial charge in [0.05, 0.1) is 5.41 Å². The molecule has 7 rings (SSSR count). The molecule has 3 atom stereocenters. The molecule has 0 saturated heterocycles. The molecular weight excluding hydrogens is 460 g/mol. The fourth-order valence-electron chi connectivity index (χ4n) is 8.11. The molecule has 0 aliphatic heterocycles. The lowest BCUT2D eigenvalue weighted by Crippen LogP contribution is -2.60. The molecule has 0 radical (unpaired) electrons. The fourth-order valence-corrected chi connectivity index (χ4v) is 8.11. The number of nitrogens with two attached hydrogens (primary N) is 1. The second kappa shape index (κ2) is 8.72. The Bertz CT molecular complexity index is 1170. The molecule has 1 heterocycles. The minimum atomic E-state index is -0.912. The van der Waals surface area contributed by atoms with Gasteiger partial charge in [-0.05, 0) is 92.4 Å². The summed E-state index contributed by atoms with van der Waals surface area (Å²) in [4.78, 5) is 30.7. The van der Waals surface area contributed by atoms with E-state index in [2.05, 4.69) is 10.3 Å². The van der Waals surface area contributed by atoms with E-state index in [0.29, 0.717) is 49.3 Å². The van der Waals surface area contributed by atoms with Crippen LogP contribution in [0.3, 0.4) is 0 Å². The molecule has 3 N–H and O–H groups in total. The van der Waals surface area contributed by atoms with Crippen LogP contribution in [0.4, 0.5) is 8.78 Å². The van der Waals surface area contributed by atoms with Crippen molar-refractivity contribution in [1.82, 2.24) is 10.3 Å². The summed E-state index contributed by atoms with van der Waals surface area (Å²) in [7, 11) is 0. The molecule has 5 saturated carbocycles. The molecule has 1 aromatic carbocycles. The summed E-state index contributed by atoms with van der Waals surface area (Å²) in [6.07, 6.45) is 10.0. The van der Waals surface area contributed by atoms with E-state index in [4.69, 9.17) is 5.73 Å². The molecule has 3 unspecified atom stereocenters. The molecule has 7 heteroatoms. The second-order valence-electron chi connectivity index (χ2n) is 11.9. The van der Waals surface area contributed by atoms with E-state index in [-0.39, 0.29) is 28.8 Å². The second-order valence-corrected chi connectivity index (χ2v) is 11.9. The maximum absolute atomic E-state index is 14.4. The average Bonchev–Trinajstić information content (AvgIpc) is 3.64. The molecule has 5 fully saturated rings. The zero-order valence-corrected chi connectivity index (χ0v) is 20.4. The quantitative estimate of drug-likeness (QED) is 0.580. The van der Waals surface area contributed by atoms with Gasteiger partial charge in [-0.15, -0.1) is 0 Å². The SMILES string of the molecule is NC(CNC(=O)C1(c2ccc(F)cc2F)CC1)C1C2CC3CC1CC(C(=O)Cc1ccncc1)(C3)C2. The highest BCUT2D eigenvalue weighted by molar-refractivity contribution is 5.91. The predicted octanol–water partition coefficient (Wildman–Crippen LogP) is 4.09. The first-order valence-electron chi connectivity index (χ1n) is 13.2. The first-order chi connectivity index (χ1) is 17.3. The van der Waals surface area contributed by atoms with E-state index in [9.17, 15) is 18.4 Å². The highest BCUT2D eigenvalue weighted by Crippen LogP contribution is 2.63. The highest BCUT2D eigenvalue weighted by Gasteiger charge is 2.59. The topological polar surface area (TPSA) is 85.1 Å². The molecule has 5 nitrogen and oxygen atoms in total. The number of carbonyl (C=O) groups is 2. The maximum Gasteiger partial charge on any atom is 0.230 e. The van der Waals surface area contributed by atoms with Crippen LogP contribution in [-0.2, 0) is 21.4 Å². The summed E-state index contributed by atoms with van der Waals surface area (Å²) in [6.45, 7) is 0.337. The maximum atomic E-state index is 14.4. The lowest BCUT2D eigenvalue weighted by Gasteiger charge is -2.60. The van der Waals surface area contributed by atoms with E-state index in [0.717, 1.165) is 43.7 Å². The van der Waals surface area contributed by atoms with E-state index in [1.54, 1.807) is 12.4 Å². The first-order valence-corrected chi connectivity index (χ1v) is 13.2. The lowest BCUT2D eigenvalue weighted by atomic mass is 9.44. The molecule has 4 bridgehead atoms. The summed E-state index contributed by atoms with van der Waals surface area (Å²) >= 11 is 0. The predicted molar refractivity (Wildman–Crippen MR) is 131 cm³/mol. The normalized spacial score (nSPS) is 32.2. The molecule has 2 aromatic rings. The van der Waals surface area contributed by atoms with Crippen LogP contribution in [0.1, 0.15) is 56.1 Å². The van der Waals surface area contributed by atoms with Crippen LogP contribution >= 0.6 is 0 Å². The van der Waals surface area contributed by atoms with Gasteiger partial charge in [-0.1, -0.05) is 6.07 Å². The van der Waals surface area contributed by atoms with Crippen LogP contribution in [0.5, 0.6) is 0 Å². The van der Waals surface area contributed by atoms with Gasteiger partial charge in [0.2, 0.25) is 5.91 Å². The van der Waals surface area contributed by atoms with Gasteiger partial charge in [0.25, 0.3) is 0 Å². The Labute approximate surface area is 210 Å². The van der Waals surface area contributed by atoms with E-state index >= 15 is 0 Å². The Morgan fingerprint density at radius 2 is 1.75 bits per heavy atom. The number of benzene rings is 1. The number of nitrogens with one attached hydrogen (secondary N) is 1. The van der Waals surface area contributed by atoms with Crippen LogP contribution in [0.2, 0.25) is 0 Å². The third-order valence-corrected chi connectivity index (χ3v) is 9.68. The largest absolute Gasteiger partial charge is 0.354 e. The van der Waals surface area contributed by atoms with Crippen molar-refractivity contribution in [2.45, 2.75) is 62.8 Å². The highest BCUT2D eigenvalue weighted by atomic mass is 19.1. The minimum Gasteiger partial charge on any atom is -0.354 e. The standard InChI is InChI=1S/C29H33F2N3O2/c30-21-1-2-22(23(31)12-21)29(5-6-29)27(36)34-16-24(32)26-19-9-18-10-20(26)15-28(13-18,14-19)25(35)11-17-3-7-33-8-4-17/h1-4,7-8,12,18-20,24,26H,5-6,9-11,13-16,32H2,(H,34,36). The van der Waals surface area contributed by atoms with Crippen molar-refractivity contribution in [3.63, 3.8) is 0 Å². The zero-order valence-electron chi connectivity index (χ0n) is 20.4. The number of nitrogens with zero attached hydrogens (tertiary/aromatic N) is 1. The Morgan fingerprint density at radius 3 is 2.39 bits per heavy atom. The van der Waals surface area contributed by atoms with Gasteiger partial charge >= 0.3 is 0 Å². The number of carbonyl (C=O) groups excluding carboxylic acids is 2. The number of Topliss-reactive ketones (excluding diaryl/α,β-unsaturated/α-hetero) is 1. The summed E-state index contributed by atoms with van der Waals surface area (Å²) in [5, 5.41) is 3.00. The van der Waals surface area contributed by atoms with Gasteiger partial charge in [-0.3, -0.25) is 14.6 Å². The van der Waals surface area contributed by atoms with Crippen LogP contribution in [0.25, 0.3) is 0 Å². The van der Waals surface area contributed by atoms with Crippen molar-refractivity contribution in [3.8, 4) is 0 Å². The van der Waals surface area contributed by atoms with E-state index in [1.807, 2.05) is 12.1 Å². The summed E-state index contributed by atoms with van der Waals surface area (Å²) in [5.74, 6) is 0.465. The van der Waals surface area contributed by atoms with Crippen molar-refractivity contribution in [1.29, 1.82) is 0 Å². The van der Waals surface area contributed by atoms with Crippen LogP contribution < -0.4 is 11.1 Å². The van der Waals surface area contributed by atoms with Gasteiger partial charge in [-0.2, -0.15) is 0 Å². The van der Waals surface area contributed by atoms with Gasteiger partial charge in [0.1, 0.15) is 17.4 Å². The Morgan fingerprint density at radius 1 is 1.06 bits per heavy atom. The third kappa shape index (κ3) is 3.96. The smallest absolute Gasteiger partial charge is 0.230 e. The molecule has 5 aliphatic carbocycles. The van der Waals surface area contributed by atoms with Gasteiger partial charge in [-0.25, -0.2) is 8.78 Å². The van der Waals surface area contributed by atoms with Crippen LogP contribution in [-0.4, -0.2) is 29.3 Å². The van der Waals surface area contributed by atoms with E-state index in [1.165, 1.54) is 12.1 Å². The number of hydrogen-bond donors (Lipinski definition) is 2. The van der Waals surface area contributed by atoms with Crippen molar-refractivity contribution in [2.75, 3.05) is 6.54 Å². The van der Waals surface area contributed by atoms with Crippen molar-refractivity contribution >= 4 is 11.7 Å². The number of rotatable bonds is 8. The Balaban J connectivity index is 1.11. The third-order valence-electron chi connectivity index (χ3n) is 9.68. The minimum absolute atomic E-state index is 0.204. The van der Waals surface area contributed by atoms with E-state index < -0.39 is 17.0 Å². The fraction of sp³-hybridized carbons (Fsp3) is 0.552. The molecule has 190 valence electrons. The molecule has 36 heavy (non-hydrogen) atoms. The van der Waals surface area contributed by atoms with Crippen molar-refractivity contribution in [3.05, 3.63) is 65.5 Å². The van der Waals surface area contributed by atoms with Crippen LogP contribution in [0, 0.1) is 40.7 Å². The number of amides is 1. The van der Waals surface area contributed by atoms with Crippen molar-refractivity contribution < 1.29 is 18.4 Å². The number of hydrogen-bond acceptors (Lipinski definition) is 4. The van der Waals surface area contributed by atoms with Crippen molar-refractivity contribution in [2.24, 2.45) is 34.8 Å². The first kappa shape index (κ1) is 23.7. The Kier molecular flexibility index (Phi) is 5.74. The number of pyridine rings is 1. The number of ketones is 1. The zero-order chi connectivity index (χ0) is 25.1. The van der Waals surface area contributed by atoms with Crippen LogP contribution in [0.15, 0.2) is 42.7 Å². The number of aromatic nitrogens is 1. The van der Waals surface area contributed by atoms with Gasteiger partial charge in [0.15, 0.2) is 0 Å². The molecule has 5 aliphatic rings. The molecule has 1 amide bonds. The van der Waals surface area contributed by atoms with Gasteiger partial charge < -0.3 is 11.1 Å². The monoisotopic (exact) mass is 493 g/mol. The number of halogens is 2. The van der Waals surface area contributed by atoms with Gasteiger partial charge in [0, 0.05) is 48.4 Å². The molecule has 1 aromatic heterocycles. The average molecular weight is 494 g/mol. The Hall–Kier alpha value is -2.67. The summed E-state index contributed by atoms with van der Waals surface area (Å²) in [6, 6.07) is 7.07.